The molecule has 6 nitrogen and oxygen atoms in total. The van der Waals surface area contributed by atoms with Crippen molar-refractivity contribution in [2.24, 2.45) is 4.99 Å². The minimum Gasteiger partial charge on any atom is -0.372 e. The average Bonchev–Trinajstić information content (AvgIpc) is 2.59. The van der Waals surface area contributed by atoms with Gasteiger partial charge in [-0.2, -0.15) is 0 Å². The van der Waals surface area contributed by atoms with Gasteiger partial charge in [-0.05, 0) is 38.8 Å². The van der Waals surface area contributed by atoms with Crippen molar-refractivity contribution < 1.29 is 4.74 Å². The van der Waals surface area contributed by atoms with Crippen molar-refractivity contribution in [2.45, 2.75) is 59.3 Å². The van der Waals surface area contributed by atoms with Crippen molar-refractivity contribution >= 4 is 35.8 Å². The minimum absolute atomic E-state index is 0. The summed E-state index contributed by atoms with van der Waals surface area (Å²) in [6.45, 7) is 12.7. The molecule has 0 radical (unpaired) electrons. The summed E-state index contributed by atoms with van der Waals surface area (Å²) in [5.41, 5.74) is 1.12. The Bertz CT molecular complexity index is 527. The molecule has 0 bridgehead atoms. The fraction of sp³-hybridized carbons (Fsp3) is 0.684. The van der Waals surface area contributed by atoms with Crippen LogP contribution in [0.3, 0.4) is 0 Å². The third-order valence-corrected chi connectivity index (χ3v) is 4.14. The van der Waals surface area contributed by atoms with Gasteiger partial charge in [-0.15, -0.1) is 24.0 Å². The molecule has 1 aliphatic rings. The number of morpholine rings is 1. The van der Waals surface area contributed by atoms with E-state index in [0.717, 1.165) is 49.9 Å². The molecule has 0 spiro atoms. The van der Waals surface area contributed by atoms with E-state index in [1.807, 2.05) is 6.20 Å². The molecule has 26 heavy (non-hydrogen) atoms. The van der Waals surface area contributed by atoms with E-state index in [9.17, 15) is 0 Å². The van der Waals surface area contributed by atoms with Crippen molar-refractivity contribution in [3.05, 3.63) is 23.9 Å². The Morgan fingerprint density at radius 3 is 2.54 bits per heavy atom. The van der Waals surface area contributed by atoms with Crippen LogP contribution in [0.2, 0.25) is 0 Å². The molecule has 148 valence electrons. The van der Waals surface area contributed by atoms with Crippen LogP contribution in [0.1, 0.15) is 46.1 Å². The van der Waals surface area contributed by atoms with Crippen molar-refractivity contribution in [3.63, 3.8) is 0 Å². The molecule has 0 amide bonds. The molecular formula is C19H34IN5O. The summed E-state index contributed by atoms with van der Waals surface area (Å²) in [6.07, 6.45) is 4.74. The van der Waals surface area contributed by atoms with Gasteiger partial charge in [-0.25, -0.2) is 9.98 Å². The fourth-order valence-corrected chi connectivity index (χ4v) is 2.96. The van der Waals surface area contributed by atoms with Crippen LogP contribution in [-0.2, 0) is 11.3 Å². The number of rotatable bonds is 7. The molecular weight excluding hydrogens is 441 g/mol. The number of guanidine groups is 1. The van der Waals surface area contributed by atoms with Gasteiger partial charge in [0.15, 0.2) is 5.96 Å². The Balaban J connectivity index is 0.00000338. The molecule has 1 saturated heterocycles. The number of ether oxygens (including phenoxy) is 1. The second-order valence-corrected chi connectivity index (χ2v) is 6.66. The highest BCUT2D eigenvalue weighted by molar-refractivity contribution is 14.0. The highest BCUT2D eigenvalue weighted by Gasteiger charge is 2.22. The summed E-state index contributed by atoms with van der Waals surface area (Å²) in [5.74, 6) is 1.89. The van der Waals surface area contributed by atoms with Gasteiger partial charge in [0.2, 0.25) is 0 Å². The maximum atomic E-state index is 5.79. The third-order valence-electron chi connectivity index (χ3n) is 4.14. The Morgan fingerprint density at radius 2 is 1.96 bits per heavy atom. The molecule has 0 saturated carbocycles. The lowest BCUT2D eigenvalue weighted by molar-refractivity contribution is -0.00545. The zero-order valence-corrected chi connectivity index (χ0v) is 18.8. The van der Waals surface area contributed by atoms with Crippen LogP contribution < -0.4 is 15.5 Å². The van der Waals surface area contributed by atoms with Crippen LogP contribution >= 0.6 is 24.0 Å². The van der Waals surface area contributed by atoms with E-state index in [2.05, 4.69) is 65.3 Å². The third kappa shape index (κ3) is 7.65. The molecule has 1 aromatic heterocycles. The summed E-state index contributed by atoms with van der Waals surface area (Å²) >= 11 is 0. The van der Waals surface area contributed by atoms with Gasteiger partial charge in [0.25, 0.3) is 0 Å². The van der Waals surface area contributed by atoms with Crippen LogP contribution in [0.5, 0.6) is 0 Å². The molecule has 0 aromatic carbocycles. The first-order chi connectivity index (χ1) is 12.1. The lowest BCUT2D eigenvalue weighted by Crippen LogP contribution is -2.45. The summed E-state index contributed by atoms with van der Waals surface area (Å²) in [4.78, 5) is 11.6. The number of anilines is 1. The Labute approximate surface area is 175 Å². The van der Waals surface area contributed by atoms with Gasteiger partial charge < -0.3 is 20.3 Å². The van der Waals surface area contributed by atoms with E-state index in [-0.39, 0.29) is 36.2 Å². The molecule has 1 fully saturated rings. The van der Waals surface area contributed by atoms with Crippen LogP contribution in [0.4, 0.5) is 5.82 Å². The predicted molar refractivity (Wildman–Crippen MR) is 120 cm³/mol. The van der Waals surface area contributed by atoms with Crippen LogP contribution in [-0.4, -0.2) is 49.3 Å². The van der Waals surface area contributed by atoms with E-state index >= 15 is 0 Å². The highest BCUT2D eigenvalue weighted by Crippen LogP contribution is 2.18. The molecule has 0 aliphatic carbocycles. The zero-order chi connectivity index (χ0) is 18.1. The number of aromatic nitrogens is 1. The molecule has 1 aliphatic heterocycles. The zero-order valence-electron chi connectivity index (χ0n) is 16.5. The lowest BCUT2D eigenvalue weighted by atomic mass is 10.2. The standard InChI is InChI=1S/C19H33N5O.HI/c1-5-7-10-21-19(20-6-2)23-12-17-8-9-18(22-11-17)24-13-15(3)25-16(4)14-24;/h8-9,11,15-16H,5-7,10,12-14H2,1-4H3,(H2,20,21,23);1H. The first kappa shape index (κ1) is 23.0. The Kier molecular flexibility index (Phi) is 10.9. The number of halogens is 1. The van der Waals surface area contributed by atoms with Crippen LogP contribution in [0.15, 0.2) is 23.3 Å². The van der Waals surface area contributed by atoms with E-state index in [1.165, 1.54) is 6.42 Å². The smallest absolute Gasteiger partial charge is 0.191 e. The van der Waals surface area contributed by atoms with E-state index in [4.69, 9.17) is 4.74 Å². The SMILES string of the molecule is CCCCNC(=NCc1ccc(N2CC(C)OC(C)C2)nc1)NCC.I. The van der Waals surface area contributed by atoms with Crippen molar-refractivity contribution in [2.75, 3.05) is 31.1 Å². The second kappa shape index (κ2) is 12.3. The first-order valence-electron chi connectivity index (χ1n) is 9.49. The summed E-state index contributed by atoms with van der Waals surface area (Å²) in [6, 6.07) is 4.21. The quantitative estimate of drug-likeness (QED) is 0.275. The minimum atomic E-state index is 0. The number of hydrogen-bond donors (Lipinski definition) is 2. The van der Waals surface area contributed by atoms with E-state index in [0.29, 0.717) is 6.54 Å². The maximum Gasteiger partial charge on any atom is 0.191 e. The molecule has 2 N–H and O–H groups in total. The second-order valence-electron chi connectivity index (χ2n) is 6.66. The number of pyridine rings is 1. The van der Waals surface area contributed by atoms with Gasteiger partial charge in [0.05, 0.1) is 18.8 Å². The number of unbranched alkanes of at least 4 members (excludes halogenated alkanes) is 1. The first-order valence-corrected chi connectivity index (χ1v) is 9.49. The van der Waals surface area contributed by atoms with E-state index < -0.39 is 0 Å². The summed E-state index contributed by atoms with van der Waals surface area (Å²) < 4.78 is 5.79. The van der Waals surface area contributed by atoms with Crippen molar-refractivity contribution in [1.29, 1.82) is 0 Å². The highest BCUT2D eigenvalue weighted by atomic mass is 127. The monoisotopic (exact) mass is 475 g/mol. The van der Waals surface area contributed by atoms with Crippen molar-refractivity contribution in [1.82, 2.24) is 15.6 Å². The molecule has 7 heteroatoms. The largest absolute Gasteiger partial charge is 0.372 e. The maximum absolute atomic E-state index is 5.79. The Hall–Kier alpha value is -1.09. The van der Waals surface area contributed by atoms with Gasteiger partial charge in [-0.3, -0.25) is 0 Å². The fourth-order valence-electron chi connectivity index (χ4n) is 2.96. The van der Waals surface area contributed by atoms with Gasteiger partial charge in [0.1, 0.15) is 5.82 Å². The number of aliphatic imine (C=N–C) groups is 1. The lowest BCUT2D eigenvalue weighted by Gasteiger charge is -2.36. The topological polar surface area (TPSA) is 61.8 Å². The van der Waals surface area contributed by atoms with Gasteiger partial charge in [0, 0.05) is 32.4 Å². The number of nitrogens with one attached hydrogen (secondary N) is 2. The molecule has 1 aromatic rings. The van der Waals surface area contributed by atoms with Crippen LogP contribution in [0, 0.1) is 0 Å². The van der Waals surface area contributed by atoms with Crippen LogP contribution in [0.25, 0.3) is 0 Å². The number of hydrogen-bond acceptors (Lipinski definition) is 4. The normalized spacial score (nSPS) is 20.5. The van der Waals surface area contributed by atoms with Gasteiger partial charge in [-0.1, -0.05) is 19.4 Å². The van der Waals surface area contributed by atoms with Crippen molar-refractivity contribution in [3.8, 4) is 0 Å². The number of nitrogens with zero attached hydrogens (tertiary/aromatic N) is 3. The molecule has 2 unspecified atom stereocenters. The molecule has 2 atom stereocenters. The molecule has 2 heterocycles. The predicted octanol–water partition coefficient (Wildman–Crippen LogP) is 3.17. The molecule has 2 rings (SSSR count). The van der Waals surface area contributed by atoms with Gasteiger partial charge >= 0.3 is 0 Å². The van der Waals surface area contributed by atoms with E-state index in [1.54, 1.807) is 0 Å². The summed E-state index contributed by atoms with van der Waals surface area (Å²) in [5, 5.41) is 6.64. The Morgan fingerprint density at radius 1 is 1.23 bits per heavy atom. The summed E-state index contributed by atoms with van der Waals surface area (Å²) in [7, 11) is 0. The average molecular weight is 475 g/mol.